The van der Waals surface area contributed by atoms with E-state index < -0.39 is 0 Å². The Morgan fingerprint density at radius 2 is 2.36 bits per heavy atom. The van der Waals surface area contributed by atoms with Gasteiger partial charge in [0, 0.05) is 13.7 Å². The monoisotopic (exact) mass is 154 g/mol. The number of aromatic nitrogens is 2. The minimum absolute atomic E-state index is 0.661. The highest BCUT2D eigenvalue weighted by molar-refractivity contribution is 5.01. The molecule has 0 aliphatic rings. The van der Waals surface area contributed by atoms with Crippen LogP contribution in [0, 0.1) is 6.92 Å². The highest BCUT2D eigenvalue weighted by Crippen LogP contribution is 2.02. The van der Waals surface area contributed by atoms with Crippen LogP contribution in [0.15, 0.2) is 6.20 Å². The largest absolute Gasteiger partial charge is 0.375 e. The van der Waals surface area contributed by atoms with Gasteiger partial charge in [-0.2, -0.15) is 0 Å². The minimum atomic E-state index is 0.661. The predicted octanol–water partition coefficient (Wildman–Crippen LogP) is 1.27. The van der Waals surface area contributed by atoms with Gasteiger partial charge >= 0.3 is 0 Å². The summed E-state index contributed by atoms with van der Waals surface area (Å²) in [5.74, 6) is 1.03. The number of hydrogen-bond acceptors (Lipinski definition) is 2. The Labute approximate surface area is 67.0 Å². The van der Waals surface area contributed by atoms with Crippen LogP contribution in [-0.4, -0.2) is 16.2 Å². The molecule has 0 saturated carbocycles. The first-order chi connectivity index (χ1) is 5.25. The zero-order valence-electron chi connectivity index (χ0n) is 7.29. The first-order valence-corrected chi connectivity index (χ1v) is 3.80. The summed E-state index contributed by atoms with van der Waals surface area (Å²) in [6.45, 7) is 5.39. The van der Waals surface area contributed by atoms with E-state index in [-0.39, 0.29) is 0 Å². The first-order valence-electron chi connectivity index (χ1n) is 3.80. The SMILES string of the molecule is CCOCc1cnc(C)n1C. The van der Waals surface area contributed by atoms with Crippen LogP contribution in [0.5, 0.6) is 0 Å². The Balaban J connectivity index is 2.63. The van der Waals surface area contributed by atoms with Crippen molar-refractivity contribution in [2.75, 3.05) is 6.61 Å². The van der Waals surface area contributed by atoms with Crippen molar-refractivity contribution in [2.45, 2.75) is 20.5 Å². The second-order valence-corrected chi connectivity index (χ2v) is 2.49. The van der Waals surface area contributed by atoms with Gasteiger partial charge in [-0.3, -0.25) is 0 Å². The molecular weight excluding hydrogens is 140 g/mol. The van der Waals surface area contributed by atoms with Crippen LogP contribution in [0.3, 0.4) is 0 Å². The standard InChI is InChI=1S/C8H14N2O/c1-4-11-6-8-5-9-7(2)10(8)3/h5H,4,6H2,1-3H3. The number of nitrogens with zero attached hydrogens (tertiary/aromatic N) is 2. The predicted molar refractivity (Wildman–Crippen MR) is 43.3 cm³/mol. The molecule has 1 rings (SSSR count). The van der Waals surface area contributed by atoms with E-state index >= 15 is 0 Å². The maximum Gasteiger partial charge on any atom is 0.105 e. The number of hydrogen-bond donors (Lipinski definition) is 0. The van der Waals surface area contributed by atoms with Gasteiger partial charge in [-0.1, -0.05) is 0 Å². The number of aryl methyl sites for hydroxylation is 1. The van der Waals surface area contributed by atoms with E-state index in [1.165, 1.54) is 0 Å². The molecule has 0 radical (unpaired) electrons. The van der Waals surface area contributed by atoms with Crippen molar-refractivity contribution in [1.82, 2.24) is 9.55 Å². The van der Waals surface area contributed by atoms with Crippen molar-refractivity contribution in [1.29, 1.82) is 0 Å². The molecule has 1 aromatic heterocycles. The minimum Gasteiger partial charge on any atom is -0.375 e. The van der Waals surface area contributed by atoms with Crippen molar-refractivity contribution in [3.05, 3.63) is 17.7 Å². The quantitative estimate of drug-likeness (QED) is 0.655. The number of rotatable bonds is 3. The van der Waals surface area contributed by atoms with Crippen molar-refractivity contribution in [3.63, 3.8) is 0 Å². The van der Waals surface area contributed by atoms with Gasteiger partial charge in [-0.15, -0.1) is 0 Å². The van der Waals surface area contributed by atoms with Gasteiger partial charge in [0.15, 0.2) is 0 Å². The van der Waals surface area contributed by atoms with Crippen LogP contribution in [0.1, 0.15) is 18.4 Å². The van der Waals surface area contributed by atoms with Crippen LogP contribution >= 0.6 is 0 Å². The Kier molecular flexibility index (Phi) is 2.65. The van der Waals surface area contributed by atoms with Gasteiger partial charge in [0.25, 0.3) is 0 Å². The van der Waals surface area contributed by atoms with E-state index in [2.05, 4.69) is 4.98 Å². The molecule has 3 nitrogen and oxygen atoms in total. The fourth-order valence-corrected chi connectivity index (χ4v) is 0.890. The average Bonchev–Trinajstić information content (AvgIpc) is 2.31. The van der Waals surface area contributed by atoms with Crippen molar-refractivity contribution in [2.24, 2.45) is 7.05 Å². The maximum absolute atomic E-state index is 5.25. The summed E-state index contributed by atoms with van der Waals surface area (Å²) in [7, 11) is 2.00. The van der Waals surface area contributed by atoms with Gasteiger partial charge < -0.3 is 9.30 Å². The summed E-state index contributed by atoms with van der Waals surface area (Å²) in [6, 6.07) is 0. The summed E-state index contributed by atoms with van der Waals surface area (Å²) in [5.41, 5.74) is 1.13. The summed E-state index contributed by atoms with van der Waals surface area (Å²) < 4.78 is 7.29. The molecule has 1 heterocycles. The lowest BCUT2D eigenvalue weighted by Crippen LogP contribution is -2.00. The van der Waals surface area contributed by atoms with Gasteiger partial charge in [-0.25, -0.2) is 4.98 Å². The van der Waals surface area contributed by atoms with Gasteiger partial charge in [0.05, 0.1) is 18.5 Å². The van der Waals surface area contributed by atoms with Crippen molar-refractivity contribution in [3.8, 4) is 0 Å². The summed E-state index contributed by atoms with van der Waals surface area (Å²) in [4.78, 5) is 4.15. The fraction of sp³-hybridized carbons (Fsp3) is 0.625. The van der Waals surface area contributed by atoms with E-state index in [1.807, 2.05) is 31.7 Å². The summed E-state index contributed by atoms with van der Waals surface area (Å²) in [6.07, 6.45) is 1.85. The van der Waals surface area contributed by atoms with Crippen LogP contribution in [0.4, 0.5) is 0 Å². The molecule has 0 aliphatic carbocycles. The van der Waals surface area contributed by atoms with Crippen LogP contribution in [0.25, 0.3) is 0 Å². The van der Waals surface area contributed by atoms with E-state index in [0.717, 1.165) is 18.1 Å². The maximum atomic E-state index is 5.25. The molecule has 0 aliphatic heterocycles. The molecule has 0 N–H and O–H groups in total. The molecule has 0 aromatic carbocycles. The Morgan fingerprint density at radius 1 is 1.64 bits per heavy atom. The number of ether oxygens (including phenoxy) is 1. The van der Waals surface area contributed by atoms with Crippen LogP contribution < -0.4 is 0 Å². The van der Waals surface area contributed by atoms with E-state index in [0.29, 0.717) is 6.61 Å². The van der Waals surface area contributed by atoms with Gasteiger partial charge in [0.1, 0.15) is 5.82 Å². The second kappa shape index (κ2) is 3.53. The third-order valence-corrected chi connectivity index (χ3v) is 1.77. The lowest BCUT2D eigenvalue weighted by molar-refractivity contribution is 0.129. The molecule has 0 spiro atoms. The van der Waals surface area contributed by atoms with Gasteiger partial charge in [-0.05, 0) is 13.8 Å². The van der Waals surface area contributed by atoms with E-state index in [1.54, 1.807) is 0 Å². The summed E-state index contributed by atoms with van der Waals surface area (Å²) >= 11 is 0. The molecule has 0 amide bonds. The van der Waals surface area contributed by atoms with Crippen LogP contribution in [-0.2, 0) is 18.4 Å². The smallest absolute Gasteiger partial charge is 0.105 e. The normalized spacial score (nSPS) is 10.5. The second-order valence-electron chi connectivity index (χ2n) is 2.49. The zero-order valence-corrected chi connectivity index (χ0v) is 7.29. The molecular formula is C8H14N2O. The van der Waals surface area contributed by atoms with Gasteiger partial charge in [0.2, 0.25) is 0 Å². The molecule has 3 heteroatoms. The van der Waals surface area contributed by atoms with Crippen LogP contribution in [0.2, 0.25) is 0 Å². The van der Waals surface area contributed by atoms with Crippen molar-refractivity contribution >= 4 is 0 Å². The van der Waals surface area contributed by atoms with E-state index in [4.69, 9.17) is 4.74 Å². The molecule has 0 saturated heterocycles. The summed E-state index contributed by atoms with van der Waals surface area (Å²) in [5, 5.41) is 0. The number of imidazole rings is 1. The Bertz CT molecular complexity index is 230. The molecule has 1 aromatic rings. The first kappa shape index (κ1) is 8.27. The van der Waals surface area contributed by atoms with E-state index in [9.17, 15) is 0 Å². The average molecular weight is 154 g/mol. The molecule has 0 atom stereocenters. The Morgan fingerprint density at radius 3 is 2.82 bits per heavy atom. The highest BCUT2D eigenvalue weighted by atomic mass is 16.5. The van der Waals surface area contributed by atoms with Crippen molar-refractivity contribution < 1.29 is 4.74 Å². The molecule has 11 heavy (non-hydrogen) atoms. The fourth-order valence-electron chi connectivity index (χ4n) is 0.890. The molecule has 0 unspecified atom stereocenters. The lowest BCUT2D eigenvalue weighted by Gasteiger charge is -2.02. The highest BCUT2D eigenvalue weighted by Gasteiger charge is 2.00. The third kappa shape index (κ3) is 1.80. The lowest BCUT2D eigenvalue weighted by atomic mass is 10.5. The molecule has 0 fully saturated rings. The zero-order chi connectivity index (χ0) is 8.27. The molecule has 0 bridgehead atoms. The molecule has 62 valence electrons. The Hall–Kier alpha value is -0.830. The third-order valence-electron chi connectivity index (χ3n) is 1.77. The topological polar surface area (TPSA) is 27.1 Å².